The predicted octanol–water partition coefficient (Wildman–Crippen LogP) is 5.43. The minimum absolute atomic E-state index is 0.0335. The largest absolute Gasteiger partial charge is 0.396 e. The summed E-state index contributed by atoms with van der Waals surface area (Å²) in [6.07, 6.45) is -0.0765. The zero-order valence-electron chi connectivity index (χ0n) is 21.6. The van der Waals surface area contributed by atoms with Gasteiger partial charge in [-0.2, -0.15) is 0 Å². The molecule has 3 N–H and O–H groups in total. The lowest BCUT2D eigenvalue weighted by molar-refractivity contribution is -0.120. The van der Waals surface area contributed by atoms with E-state index in [1.807, 2.05) is 0 Å². The van der Waals surface area contributed by atoms with E-state index >= 15 is 0 Å². The Bertz CT molecular complexity index is 1480. The number of rotatable bonds is 10. The monoisotopic (exact) mass is 578 g/mol. The number of halogens is 3. The van der Waals surface area contributed by atoms with Gasteiger partial charge in [0.15, 0.2) is 9.84 Å². The normalized spacial score (nSPS) is 12.6. The molecule has 0 saturated carbocycles. The van der Waals surface area contributed by atoms with Gasteiger partial charge in [0.05, 0.1) is 28.4 Å². The lowest BCUT2D eigenvalue weighted by Gasteiger charge is -2.26. The van der Waals surface area contributed by atoms with Crippen LogP contribution in [0.4, 0.5) is 20.2 Å². The summed E-state index contributed by atoms with van der Waals surface area (Å²) in [7, 11) is -3.36. The summed E-state index contributed by atoms with van der Waals surface area (Å²) in [6.45, 7) is 4.40. The van der Waals surface area contributed by atoms with Crippen LogP contribution in [0.5, 0.6) is 0 Å². The van der Waals surface area contributed by atoms with Crippen molar-refractivity contribution in [2.24, 2.45) is 0 Å². The van der Waals surface area contributed by atoms with Crippen LogP contribution in [0.25, 0.3) is 0 Å². The van der Waals surface area contributed by atoms with Crippen molar-refractivity contribution in [3.8, 4) is 0 Å². The third kappa shape index (κ3) is 7.20. The summed E-state index contributed by atoms with van der Waals surface area (Å²) in [4.78, 5) is 25.8. The van der Waals surface area contributed by atoms with E-state index in [2.05, 4.69) is 10.6 Å². The Balaban J connectivity index is 1.69. The van der Waals surface area contributed by atoms with Crippen LogP contribution in [0.2, 0.25) is 5.02 Å². The highest BCUT2D eigenvalue weighted by molar-refractivity contribution is 7.91. The van der Waals surface area contributed by atoms with Crippen molar-refractivity contribution in [1.82, 2.24) is 0 Å². The van der Waals surface area contributed by atoms with Gasteiger partial charge in [0.1, 0.15) is 11.6 Å². The molecule has 0 fully saturated rings. The average molecular weight is 579 g/mol. The second-order valence-corrected chi connectivity index (χ2v) is 12.2. The molecule has 208 valence electrons. The zero-order chi connectivity index (χ0) is 29.0. The Hall–Kier alpha value is -3.34. The first kappa shape index (κ1) is 30.2. The molecule has 7 nitrogen and oxygen atoms in total. The number of carbonyl (C=O) groups excluding carboxylic acids is 2. The molecule has 0 spiro atoms. The van der Waals surface area contributed by atoms with Crippen LogP contribution in [0.15, 0.2) is 65.6 Å². The number of aliphatic hydroxyl groups is 1. The van der Waals surface area contributed by atoms with Crippen molar-refractivity contribution in [1.29, 1.82) is 0 Å². The molecule has 0 aliphatic carbocycles. The third-order valence-corrected chi connectivity index (χ3v) is 8.48. The molecule has 0 saturated heterocycles. The van der Waals surface area contributed by atoms with Gasteiger partial charge in [-0.3, -0.25) is 9.59 Å². The zero-order valence-corrected chi connectivity index (χ0v) is 23.2. The van der Waals surface area contributed by atoms with Crippen molar-refractivity contribution < 1.29 is 31.9 Å². The first-order chi connectivity index (χ1) is 18.3. The molecule has 0 aliphatic rings. The van der Waals surface area contributed by atoms with Crippen molar-refractivity contribution in [3.63, 3.8) is 0 Å². The van der Waals surface area contributed by atoms with E-state index in [1.54, 1.807) is 45.0 Å². The molecule has 0 bridgehead atoms. The third-order valence-electron chi connectivity index (χ3n) is 6.42. The molecule has 0 heterocycles. The van der Waals surface area contributed by atoms with E-state index in [1.165, 1.54) is 18.2 Å². The number of amides is 2. The van der Waals surface area contributed by atoms with Crippen molar-refractivity contribution >= 4 is 44.6 Å². The summed E-state index contributed by atoms with van der Waals surface area (Å²) in [5.41, 5.74) is 0.00368. The maximum absolute atomic E-state index is 14.0. The highest BCUT2D eigenvalue weighted by Gasteiger charge is 2.32. The summed E-state index contributed by atoms with van der Waals surface area (Å²) in [6, 6.07) is 13.5. The van der Waals surface area contributed by atoms with Crippen LogP contribution < -0.4 is 10.6 Å². The number of carbonyl (C=O) groups is 2. The van der Waals surface area contributed by atoms with Gasteiger partial charge in [-0.25, -0.2) is 17.2 Å². The van der Waals surface area contributed by atoms with Gasteiger partial charge in [-0.05, 0) is 61.4 Å². The molecule has 0 radical (unpaired) electrons. The number of hydrogen-bond acceptors (Lipinski definition) is 5. The quantitative estimate of drug-likeness (QED) is 0.297. The van der Waals surface area contributed by atoms with Crippen molar-refractivity contribution in [3.05, 3.63) is 88.4 Å². The fourth-order valence-electron chi connectivity index (χ4n) is 3.93. The molecule has 0 aliphatic heterocycles. The standard InChI is InChI=1S/C28H29ClF2N2O5S/c1-4-39(37,38)21-9-5-17(6-10-21)18(16-34)13-26(35)32-20-8-11-22(23(29)15-20)28(2,3)27(36)33-25-12-7-19(30)14-24(25)31/h5-12,14-15,18,34H,4,13,16H2,1-3H3,(H,32,35)(H,33,36). The van der Waals surface area contributed by atoms with Crippen molar-refractivity contribution in [2.75, 3.05) is 23.0 Å². The van der Waals surface area contributed by atoms with Gasteiger partial charge < -0.3 is 15.7 Å². The van der Waals surface area contributed by atoms with Crippen LogP contribution >= 0.6 is 11.6 Å². The number of nitrogens with one attached hydrogen (secondary N) is 2. The number of hydrogen-bond donors (Lipinski definition) is 3. The van der Waals surface area contributed by atoms with E-state index in [-0.39, 0.29) is 34.4 Å². The molecule has 1 unspecified atom stereocenters. The number of benzene rings is 3. The fourth-order valence-corrected chi connectivity index (χ4v) is 5.23. The first-order valence-electron chi connectivity index (χ1n) is 12.1. The lowest BCUT2D eigenvalue weighted by Crippen LogP contribution is -2.35. The van der Waals surface area contributed by atoms with E-state index in [4.69, 9.17) is 11.6 Å². The Morgan fingerprint density at radius 3 is 2.23 bits per heavy atom. The number of sulfone groups is 1. The molecule has 3 rings (SSSR count). The van der Waals surface area contributed by atoms with Crippen LogP contribution in [0.1, 0.15) is 44.2 Å². The van der Waals surface area contributed by atoms with Gasteiger partial charge in [0.2, 0.25) is 11.8 Å². The highest BCUT2D eigenvalue weighted by atomic mass is 35.5. The SMILES string of the molecule is CCS(=O)(=O)c1ccc(C(CO)CC(=O)Nc2ccc(C(C)(C)C(=O)Nc3ccc(F)cc3F)c(Cl)c2)cc1. The maximum Gasteiger partial charge on any atom is 0.234 e. The van der Waals surface area contributed by atoms with Crippen LogP contribution in [-0.4, -0.2) is 37.7 Å². The van der Waals surface area contributed by atoms with Gasteiger partial charge >= 0.3 is 0 Å². The molecule has 11 heteroatoms. The lowest BCUT2D eigenvalue weighted by atomic mass is 9.83. The highest BCUT2D eigenvalue weighted by Crippen LogP contribution is 2.34. The number of aliphatic hydroxyl groups excluding tert-OH is 1. The smallest absolute Gasteiger partial charge is 0.234 e. The summed E-state index contributed by atoms with van der Waals surface area (Å²) >= 11 is 6.44. The summed E-state index contributed by atoms with van der Waals surface area (Å²) in [5, 5.41) is 15.2. The van der Waals surface area contributed by atoms with E-state index in [0.717, 1.165) is 12.1 Å². The van der Waals surface area contributed by atoms with E-state index in [0.29, 0.717) is 22.9 Å². The Labute approximate surface area is 231 Å². The van der Waals surface area contributed by atoms with E-state index < -0.39 is 44.6 Å². The van der Waals surface area contributed by atoms with E-state index in [9.17, 15) is 31.9 Å². The van der Waals surface area contributed by atoms with Crippen LogP contribution in [0, 0.1) is 11.6 Å². The fraction of sp³-hybridized carbons (Fsp3) is 0.286. The minimum Gasteiger partial charge on any atom is -0.396 e. The molecular weight excluding hydrogens is 550 g/mol. The average Bonchev–Trinajstić information content (AvgIpc) is 2.88. The molecule has 39 heavy (non-hydrogen) atoms. The molecule has 0 aromatic heterocycles. The second-order valence-electron chi connectivity index (χ2n) is 9.50. The van der Waals surface area contributed by atoms with Gasteiger partial charge in [0.25, 0.3) is 0 Å². The molecular formula is C28H29ClF2N2O5S. The number of anilines is 2. The Morgan fingerprint density at radius 2 is 1.67 bits per heavy atom. The summed E-state index contributed by atoms with van der Waals surface area (Å²) < 4.78 is 51.2. The molecule has 2 amide bonds. The topological polar surface area (TPSA) is 113 Å². The van der Waals surface area contributed by atoms with Crippen molar-refractivity contribution in [2.45, 2.75) is 43.4 Å². The Morgan fingerprint density at radius 1 is 1.00 bits per heavy atom. The van der Waals surface area contributed by atoms with Gasteiger partial charge in [-0.15, -0.1) is 0 Å². The second kappa shape index (κ2) is 12.2. The van der Waals surface area contributed by atoms with Gasteiger partial charge in [0, 0.05) is 29.1 Å². The minimum atomic E-state index is -3.36. The van der Waals surface area contributed by atoms with Crippen LogP contribution in [-0.2, 0) is 24.8 Å². The molecule has 1 atom stereocenters. The first-order valence-corrected chi connectivity index (χ1v) is 14.1. The Kier molecular flexibility index (Phi) is 9.47. The summed E-state index contributed by atoms with van der Waals surface area (Å²) in [5.74, 6) is -3.26. The van der Waals surface area contributed by atoms with Gasteiger partial charge in [-0.1, -0.05) is 36.7 Å². The molecule has 3 aromatic rings. The maximum atomic E-state index is 14.0. The molecule has 3 aromatic carbocycles. The predicted molar refractivity (Wildman–Crippen MR) is 147 cm³/mol. The van der Waals surface area contributed by atoms with Crippen LogP contribution in [0.3, 0.4) is 0 Å².